The van der Waals surface area contributed by atoms with Gasteiger partial charge >= 0.3 is 0 Å². The maximum absolute atomic E-state index is 14.0. The van der Waals surface area contributed by atoms with Crippen molar-refractivity contribution in [1.29, 1.82) is 0 Å². The third-order valence-corrected chi connectivity index (χ3v) is 5.69. The molecule has 3 heterocycles. The molecule has 2 aliphatic rings. The van der Waals surface area contributed by atoms with E-state index >= 15 is 0 Å². The number of hydrogen-bond acceptors (Lipinski definition) is 3. The Bertz CT molecular complexity index is 903. The zero-order valence-corrected chi connectivity index (χ0v) is 14.5. The molecule has 1 saturated heterocycles. The molecule has 1 fully saturated rings. The summed E-state index contributed by atoms with van der Waals surface area (Å²) in [6.45, 7) is 0. The minimum absolute atomic E-state index is 0.185. The molecular formula is C18H13Cl2FN2O2. The summed E-state index contributed by atoms with van der Waals surface area (Å²) in [7, 11) is 0. The van der Waals surface area contributed by atoms with Gasteiger partial charge in [-0.15, -0.1) is 0 Å². The molecule has 0 aliphatic carbocycles. The van der Waals surface area contributed by atoms with Gasteiger partial charge in [-0.1, -0.05) is 23.2 Å². The number of carbonyl (C=O) groups excluding carboxylic acids is 2. The van der Waals surface area contributed by atoms with Gasteiger partial charge in [0.1, 0.15) is 0 Å². The van der Waals surface area contributed by atoms with Gasteiger partial charge in [0.25, 0.3) is 5.91 Å². The Morgan fingerprint density at radius 1 is 1.16 bits per heavy atom. The number of fused-ring (bicyclic) bond motifs is 4. The fourth-order valence-corrected chi connectivity index (χ4v) is 4.10. The molecular weight excluding hydrogens is 366 g/mol. The van der Waals surface area contributed by atoms with Gasteiger partial charge in [0.05, 0.1) is 16.1 Å². The Morgan fingerprint density at radius 3 is 2.72 bits per heavy atom. The number of aromatic nitrogens is 1. The Labute approximate surface area is 153 Å². The molecule has 1 amide bonds. The lowest BCUT2D eigenvalue weighted by molar-refractivity contribution is -0.129. The molecule has 2 bridgehead atoms. The molecule has 4 rings (SSSR count). The van der Waals surface area contributed by atoms with Gasteiger partial charge in [-0.25, -0.2) is 4.98 Å². The summed E-state index contributed by atoms with van der Waals surface area (Å²) in [5, 5.41) is 0.543. The third kappa shape index (κ3) is 2.62. The van der Waals surface area contributed by atoms with Crippen LogP contribution >= 0.6 is 23.2 Å². The lowest BCUT2D eigenvalue weighted by atomic mass is 9.94. The van der Waals surface area contributed by atoms with Gasteiger partial charge in [0.2, 0.25) is 11.7 Å². The molecule has 4 nitrogen and oxygen atoms in total. The minimum atomic E-state index is -0.631. The molecule has 0 spiro atoms. The smallest absolute Gasteiger partial charge is 0.295 e. The first-order valence-corrected chi connectivity index (χ1v) is 8.68. The quantitative estimate of drug-likeness (QED) is 0.450. The maximum Gasteiger partial charge on any atom is 0.295 e. The molecule has 0 N–H and O–H groups in total. The molecule has 1 aromatic heterocycles. The highest BCUT2D eigenvalue weighted by atomic mass is 35.5. The first-order chi connectivity index (χ1) is 12.0. The van der Waals surface area contributed by atoms with Crippen LogP contribution in [0.15, 0.2) is 30.5 Å². The van der Waals surface area contributed by atoms with Gasteiger partial charge in [0, 0.05) is 23.4 Å². The van der Waals surface area contributed by atoms with Gasteiger partial charge in [-0.2, -0.15) is 4.39 Å². The van der Waals surface area contributed by atoms with Crippen molar-refractivity contribution in [3.05, 3.63) is 63.1 Å². The average molecular weight is 379 g/mol. The van der Waals surface area contributed by atoms with Crippen molar-refractivity contribution in [2.75, 3.05) is 0 Å². The van der Waals surface area contributed by atoms with Gasteiger partial charge in [-0.3, -0.25) is 9.59 Å². The summed E-state index contributed by atoms with van der Waals surface area (Å²) in [5.74, 6) is -1.71. The highest BCUT2D eigenvalue weighted by molar-refractivity contribution is 6.45. The van der Waals surface area contributed by atoms with Crippen molar-refractivity contribution in [2.24, 2.45) is 0 Å². The van der Waals surface area contributed by atoms with Crippen molar-refractivity contribution in [3.63, 3.8) is 0 Å². The van der Waals surface area contributed by atoms with Crippen LogP contribution in [0.1, 0.15) is 40.4 Å². The highest BCUT2D eigenvalue weighted by Gasteiger charge is 2.45. The number of ketones is 1. The van der Waals surface area contributed by atoms with Crippen LogP contribution in [0.5, 0.6) is 0 Å². The Balaban J connectivity index is 1.67. The molecule has 2 unspecified atom stereocenters. The van der Waals surface area contributed by atoms with Crippen LogP contribution in [-0.4, -0.2) is 27.6 Å². The third-order valence-electron chi connectivity index (χ3n) is 4.95. The summed E-state index contributed by atoms with van der Waals surface area (Å²) in [6.07, 6.45) is 3.23. The summed E-state index contributed by atoms with van der Waals surface area (Å²) in [4.78, 5) is 30.8. The van der Waals surface area contributed by atoms with Crippen molar-refractivity contribution >= 4 is 34.9 Å². The number of rotatable bonds is 2. The maximum atomic E-state index is 14.0. The predicted molar refractivity (Wildman–Crippen MR) is 91.3 cm³/mol. The second kappa shape index (κ2) is 6.07. The van der Waals surface area contributed by atoms with Crippen LogP contribution in [0.3, 0.4) is 0 Å². The van der Waals surface area contributed by atoms with E-state index in [1.165, 1.54) is 24.4 Å². The van der Waals surface area contributed by atoms with Crippen molar-refractivity contribution < 1.29 is 14.0 Å². The van der Waals surface area contributed by atoms with Crippen LogP contribution in [0.25, 0.3) is 0 Å². The van der Waals surface area contributed by atoms with E-state index in [2.05, 4.69) is 4.98 Å². The van der Waals surface area contributed by atoms with Crippen LogP contribution in [0.2, 0.25) is 10.0 Å². The van der Waals surface area contributed by atoms with E-state index in [0.717, 1.165) is 12.0 Å². The monoisotopic (exact) mass is 378 g/mol. The van der Waals surface area contributed by atoms with Crippen molar-refractivity contribution in [2.45, 2.75) is 31.3 Å². The summed E-state index contributed by atoms with van der Waals surface area (Å²) in [5.41, 5.74) is 1.50. The van der Waals surface area contributed by atoms with E-state index in [0.29, 0.717) is 23.4 Å². The molecule has 0 radical (unpaired) electrons. The lowest BCUT2D eigenvalue weighted by Crippen LogP contribution is -2.45. The number of hydrogen-bond donors (Lipinski definition) is 0. The van der Waals surface area contributed by atoms with Crippen LogP contribution in [0.4, 0.5) is 4.39 Å². The summed E-state index contributed by atoms with van der Waals surface area (Å²) < 4.78 is 14.0. The molecule has 128 valence electrons. The molecule has 1 aromatic carbocycles. The second-order valence-electron chi connectivity index (χ2n) is 6.29. The SMILES string of the molecule is O=C(C(=O)N1C2CCC1c1ccnc(F)c1C2)c1ccc(Cl)c(Cl)c1. The number of amides is 1. The van der Waals surface area contributed by atoms with Gasteiger partial charge in [0.15, 0.2) is 0 Å². The molecule has 25 heavy (non-hydrogen) atoms. The summed E-state index contributed by atoms with van der Waals surface area (Å²) in [6, 6.07) is 5.63. The number of Topliss-reactive ketones (excluding diaryl/α,β-unsaturated/α-hetero) is 1. The topological polar surface area (TPSA) is 50.3 Å². The fourth-order valence-electron chi connectivity index (χ4n) is 3.80. The molecule has 2 aliphatic heterocycles. The van der Waals surface area contributed by atoms with E-state index in [1.54, 1.807) is 11.0 Å². The number of benzene rings is 1. The Hall–Kier alpha value is -1.98. The fraction of sp³-hybridized carbons (Fsp3) is 0.278. The normalized spacial score (nSPS) is 21.2. The van der Waals surface area contributed by atoms with Crippen LogP contribution in [-0.2, 0) is 11.2 Å². The zero-order valence-electron chi connectivity index (χ0n) is 13.0. The van der Waals surface area contributed by atoms with Crippen molar-refractivity contribution in [1.82, 2.24) is 9.88 Å². The zero-order chi connectivity index (χ0) is 17.7. The van der Waals surface area contributed by atoms with E-state index in [1.807, 2.05) is 0 Å². The first kappa shape index (κ1) is 16.5. The van der Waals surface area contributed by atoms with E-state index in [4.69, 9.17) is 23.2 Å². The Kier molecular flexibility index (Phi) is 4.01. The number of halogens is 3. The average Bonchev–Trinajstić information content (AvgIpc) is 2.92. The standard InChI is InChI=1S/C18H13Cl2FN2O2/c19-13-3-1-9(7-14(13)20)16(24)18(25)23-10-2-4-15(23)11-5-6-22-17(21)12(11)8-10/h1,3,5-7,10,15H,2,4,8H2. The lowest BCUT2D eigenvalue weighted by Gasteiger charge is -2.35. The predicted octanol–water partition coefficient (Wildman–Crippen LogP) is 4.00. The molecule has 2 atom stereocenters. The second-order valence-corrected chi connectivity index (χ2v) is 7.11. The highest BCUT2D eigenvalue weighted by Crippen LogP contribution is 2.44. The van der Waals surface area contributed by atoms with E-state index in [-0.39, 0.29) is 22.7 Å². The molecule has 7 heteroatoms. The summed E-state index contributed by atoms with van der Waals surface area (Å²) >= 11 is 11.8. The van der Waals surface area contributed by atoms with Gasteiger partial charge in [-0.05, 0) is 49.1 Å². The number of carbonyl (C=O) groups is 2. The van der Waals surface area contributed by atoms with Crippen LogP contribution < -0.4 is 0 Å². The Morgan fingerprint density at radius 2 is 1.96 bits per heavy atom. The molecule has 0 saturated carbocycles. The minimum Gasteiger partial charge on any atom is -0.325 e. The number of nitrogens with zero attached hydrogens (tertiary/aromatic N) is 2. The van der Waals surface area contributed by atoms with Crippen LogP contribution in [0, 0.1) is 5.95 Å². The first-order valence-electron chi connectivity index (χ1n) is 7.92. The number of pyridine rings is 1. The van der Waals surface area contributed by atoms with E-state index < -0.39 is 17.6 Å². The molecule has 2 aromatic rings. The van der Waals surface area contributed by atoms with Gasteiger partial charge < -0.3 is 4.90 Å². The van der Waals surface area contributed by atoms with Crippen molar-refractivity contribution in [3.8, 4) is 0 Å². The largest absolute Gasteiger partial charge is 0.325 e. The van der Waals surface area contributed by atoms with E-state index in [9.17, 15) is 14.0 Å².